The number of carbonyl (C=O) groups is 1. The van der Waals surface area contributed by atoms with Gasteiger partial charge in [0.05, 0.1) is 24.3 Å². The number of amides is 1. The summed E-state index contributed by atoms with van der Waals surface area (Å²) in [5.74, 6) is 0.436. The number of carbonyl (C=O) groups excluding carboxylic acids is 1. The van der Waals surface area contributed by atoms with Crippen LogP contribution in [0.15, 0.2) is 24.4 Å². The molecule has 0 saturated carbocycles. The van der Waals surface area contributed by atoms with Crippen LogP contribution in [0.25, 0.3) is 6.08 Å². The Balaban J connectivity index is 2.95. The summed E-state index contributed by atoms with van der Waals surface area (Å²) in [4.78, 5) is 21.0. The number of hydrogen-bond acceptors (Lipinski definition) is 5. The van der Waals surface area contributed by atoms with Gasteiger partial charge in [0.25, 0.3) is 0 Å². The summed E-state index contributed by atoms with van der Waals surface area (Å²) in [5.41, 5.74) is 0.941. The van der Waals surface area contributed by atoms with Crippen molar-refractivity contribution < 1.29 is 19.2 Å². The second-order valence-electron chi connectivity index (χ2n) is 3.41. The normalized spacial score (nSPS) is 10.2. The molecule has 0 saturated heterocycles. The van der Waals surface area contributed by atoms with Crippen LogP contribution in [0.1, 0.15) is 12.5 Å². The molecular formula is C12H14N2O5. The lowest BCUT2D eigenvalue weighted by molar-refractivity contribution is -0.400. The van der Waals surface area contributed by atoms with Crippen molar-refractivity contribution in [3.63, 3.8) is 0 Å². The van der Waals surface area contributed by atoms with E-state index in [1.807, 2.05) is 0 Å². The summed E-state index contributed by atoms with van der Waals surface area (Å²) in [5, 5.41) is 12.7. The lowest BCUT2D eigenvalue weighted by atomic mass is 10.2. The number of methoxy groups -OCH3 is 1. The summed E-state index contributed by atoms with van der Waals surface area (Å²) in [7, 11) is 1.46. The minimum atomic E-state index is -0.615. The van der Waals surface area contributed by atoms with Crippen LogP contribution < -0.4 is 10.1 Å². The maximum Gasteiger partial charge on any atom is 0.411 e. The smallest absolute Gasteiger partial charge is 0.411 e. The van der Waals surface area contributed by atoms with Gasteiger partial charge in [-0.15, -0.1) is 0 Å². The molecule has 19 heavy (non-hydrogen) atoms. The molecule has 102 valence electrons. The van der Waals surface area contributed by atoms with Crippen LogP contribution in [-0.2, 0) is 4.74 Å². The number of hydrogen-bond donors (Lipinski definition) is 1. The van der Waals surface area contributed by atoms with Crippen LogP contribution in [0.5, 0.6) is 5.75 Å². The highest BCUT2D eigenvalue weighted by Gasteiger charge is 2.08. The fourth-order valence-electron chi connectivity index (χ4n) is 1.35. The van der Waals surface area contributed by atoms with Gasteiger partial charge >= 0.3 is 6.09 Å². The van der Waals surface area contributed by atoms with E-state index in [0.717, 1.165) is 6.20 Å². The van der Waals surface area contributed by atoms with Gasteiger partial charge in [0.2, 0.25) is 6.20 Å². The Kier molecular flexibility index (Phi) is 5.34. The summed E-state index contributed by atoms with van der Waals surface area (Å²) < 4.78 is 9.83. The van der Waals surface area contributed by atoms with Gasteiger partial charge in [0.1, 0.15) is 5.75 Å². The van der Waals surface area contributed by atoms with E-state index < -0.39 is 11.0 Å². The molecule has 0 radical (unpaired) electrons. The topological polar surface area (TPSA) is 90.7 Å². The number of nitrogens with one attached hydrogen (secondary N) is 1. The van der Waals surface area contributed by atoms with Gasteiger partial charge in [-0.25, -0.2) is 4.79 Å². The molecule has 0 aliphatic heterocycles. The molecule has 0 heterocycles. The van der Waals surface area contributed by atoms with Crippen molar-refractivity contribution in [3.05, 3.63) is 40.1 Å². The molecule has 0 aliphatic rings. The Morgan fingerprint density at radius 2 is 2.26 bits per heavy atom. The first-order valence-electron chi connectivity index (χ1n) is 5.50. The summed E-state index contributed by atoms with van der Waals surface area (Å²) >= 11 is 0. The monoisotopic (exact) mass is 266 g/mol. The molecule has 0 atom stereocenters. The van der Waals surface area contributed by atoms with Crippen LogP contribution in [0.4, 0.5) is 10.5 Å². The number of anilines is 1. The molecule has 1 aromatic rings. The first-order valence-corrected chi connectivity index (χ1v) is 5.50. The van der Waals surface area contributed by atoms with Crippen LogP contribution >= 0.6 is 0 Å². The van der Waals surface area contributed by atoms with Crippen molar-refractivity contribution in [1.82, 2.24) is 0 Å². The van der Waals surface area contributed by atoms with Crippen molar-refractivity contribution in [2.75, 3.05) is 19.0 Å². The molecule has 0 spiro atoms. The quantitative estimate of drug-likeness (QED) is 0.653. The van der Waals surface area contributed by atoms with Crippen LogP contribution in [0.3, 0.4) is 0 Å². The van der Waals surface area contributed by atoms with Crippen molar-refractivity contribution in [1.29, 1.82) is 0 Å². The second-order valence-corrected chi connectivity index (χ2v) is 3.41. The molecule has 7 nitrogen and oxygen atoms in total. The predicted octanol–water partition coefficient (Wildman–Crippen LogP) is 2.51. The Bertz CT molecular complexity index is 499. The molecule has 0 unspecified atom stereocenters. The average Bonchev–Trinajstić information content (AvgIpc) is 2.36. The Morgan fingerprint density at radius 3 is 2.84 bits per heavy atom. The zero-order chi connectivity index (χ0) is 14.3. The van der Waals surface area contributed by atoms with Gasteiger partial charge in [0, 0.05) is 6.08 Å². The van der Waals surface area contributed by atoms with E-state index in [-0.39, 0.29) is 6.61 Å². The van der Waals surface area contributed by atoms with Crippen molar-refractivity contribution in [3.8, 4) is 5.75 Å². The average molecular weight is 266 g/mol. The zero-order valence-corrected chi connectivity index (χ0v) is 10.6. The molecule has 7 heteroatoms. The lowest BCUT2D eigenvalue weighted by Crippen LogP contribution is -2.14. The number of ether oxygens (including phenoxy) is 2. The third-order valence-corrected chi connectivity index (χ3v) is 2.12. The second kappa shape index (κ2) is 7.00. The highest BCUT2D eigenvalue weighted by molar-refractivity contribution is 5.87. The largest absolute Gasteiger partial charge is 0.495 e. The fourth-order valence-corrected chi connectivity index (χ4v) is 1.35. The third-order valence-electron chi connectivity index (χ3n) is 2.12. The summed E-state index contributed by atoms with van der Waals surface area (Å²) in [6, 6.07) is 4.78. The Hall–Kier alpha value is -2.57. The van der Waals surface area contributed by atoms with E-state index in [0.29, 0.717) is 17.0 Å². The minimum Gasteiger partial charge on any atom is -0.495 e. The maximum absolute atomic E-state index is 11.3. The van der Waals surface area contributed by atoms with Gasteiger partial charge < -0.3 is 9.47 Å². The molecule has 0 aliphatic carbocycles. The number of nitro groups is 1. The molecule has 0 bridgehead atoms. The SMILES string of the molecule is CCOC(=O)Nc1cc(/C=C/[N+](=O)[O-])ccc1OC. The van der Waals surface area contributed by atoms with Crippen LogP contribution in [0.2, 0.25) is 0 Å². The molecule has 1 amide bonds. The minimum absolute atomic E-state index is 0.245. The highest BCUT2D eigenvalue weighted by atomic mass is 16.6. The first-order chi connectivity index (χ1) is 9.06. The first kappa shape index (κ1) is 14.5. The third kappa shape index (κ3) is 4.66. The number of rotatable bonds is 5. The van der Waals surface area contributed by atoms with Gasteiger partial charge in [-0.05, 0) is 24.6 Å². The Labute approximate surface area is 110 Å². The molecule has 0 fully saturated rings. The van der Waals surface area contributed by atoms with E-state index in [2.05, 4.69) is 5.32 Å². The standard InChI is InChI=1S/C12H14N2O5/c1-3-19-12(15)13-10-8-9(6-7-14(16)17)4-5-11(10)18-2/h4-8H,3H2,1-2H3,(H,13,15)/b7-6+. The lowest BCUT2D eigenvalue weighted by Gasteiger charge is -2.10. The highest BCUT2D eigenvalue weighted by Crippen LogP contribution is 2.26. The molecule has 1 aromatic carbocycles. The van der Waals surface area contributed by atoms with Gasteiger partial charge in [-0.1, -0.05) is 6.07 Å². The van der Waals surface area contributed by atoms with Crippen LogP contribution in [0, 0.1) is 10.1 Å². The number of nitrogens with zero attached hydrogens (tertiary/aromatic N) is 1. The van der Waals surface area contributed by atoms with Crippen molar-refractivity contribution in [2.24, 2.45) is 0 Å². The predicted molar refractivity (Wildman–Crippen MR) is 69.7 cm³/mol. The van der Waals surface area contributed by atoms with E-state index in [4.69, 9.17) is 9.47 Å². The fraction of sp³-hybridized carbons (Fsp3) is 0.250. The number of benzene rings is 1. The summed E-state index contributed by atoms with van der Waals surface area (Å²) in [6.45, 7) is 1.93. The zero-order valence-electron chi connectivity index (χ0n) is 10.6. The molecule has 0 aromatic heterocycles. The van der Waals surface area contributed by atoms with Gasteiger partial charge in [0.15, 0.2) is 0 Å². The van der Waals surface area contributed by atoms with Gasteiger partial charge in [-0.3, -0.25) is 15.4 Å². The molecule has 1 rings (SSSR count). The van der Waals surface area contributed by atoms with E-state index in [9.17, 15) is 14.9 Å². The van der Waals surface area contributed by atoms with E-state index in [1.165, 1.54) is 13.2 Å². The van der Waals surface area contributed by atoms with Crippen molar-refractivity contribution in [2.45, 2.75) is 6.92 Å². The van der Waals surface area contributed by atoms with E-state index in [1.54, 1.807) is 25.1 Å². The Morgan fingerprint density at radius 1 is 1.53 bits per heavy atom. The van der Waals surface area contributed by atoms with Crippen LogP contribution in [-0.4, -0.2) is 24.7 Å². The summed E-state index contributed by atoms with van der Waals surface area (Å²) in [6.07, 6.45) is 1.52. The molecular weight excluding hydrogens is 252 g/mol. The van der Waals surface area contributed by atoms with Crippen molar-refractivity contribution >= 4 is 17.9 Å². The van der Waals surface area contributed by atoms with Gasteiger partial charge in [-0.2, -0.15) is 0 Å². The maximum atomic E-state index is 11.3. The molecule has 1 N–H and O–H groups in total. The van der Waals surface area contributed by atoms with E-state index >= 15 is 0 Å².